The van der Waals surface area contributed by atoms with Crippen LogP contribution < -0.4 is 15.6 Å². The highest BCUT2D eigenvalue weighted by Gasteiger charge is 2.17. The molecular formula is C6H7N3O4S. The van der Waals surface area contributed by atoms with Crippen molar-refractivity contribution in [1.82, 2.24) is 4.98 Å². The van der Waals surface area contributed by atoms with Gasteiger partial charge in [-0.1, -0.05) is 0 Å². The summed E-state index contributed by atoms with van der Waals surface area (Å²) in [5, 5.41) is 4.28. The quantitative estimate of drug-likeness (QED) is 0.669. The molecule has 0 atom stereocenters. The van der Waals surface area contributed by atoms with Crippen LogP contribution in [0.1, 0.15) is 0 Å². The Labute approximate surface area is 79.7 Å². The molecule has 1 amide bonds. The second-order valence-electron chi connectivity index (χ2n) is 2.27. The fourth-order valence-electron chi connectivity index (χ4n) is 0.776. The Bertz CT molecular complexity index is 456. The molecule has 7 nitrogen and oxygen atoms in total. The molecule has 0 bridgehead atoms. The lowest BCUT2D eigenvalue weighted by Crippen LogP contribution is -2.20. The number of hydrogen-bond donors (Lipinski definition) is 2. The van der Waals surface area contributed by atoms with Crippen LogP contribution in [0, 0.1) is 0 Å². The second kappa shape index (κ2) is 3.60. The van der Waals surface area contributed by atoms with Crippen LogP contribution in [0.2, 0.25) is 0 Å². The molecule has 0 aliphatic rings. The highest BCUT2D eigenvalue weighted by atomic mass is 32.2. The maximum Gasteiger partial charge on any atom is 0.410 e. The molecule has 1 aromatic heterocycles. The molecule has 0 radical (unpaired) electrons. The van der Waals surface area contributed by atoms with Crippen molar-refractivity contribution in [2.24, 2.45) is 10.9 Å². The number of primary amides is 1. The highest BCUT2D eigenvalue weighted by Crippen LogP contribution is 2.18. The average molecular weight is 217 g/mol. The van der Waals surface area contributed by atoms with E-state index < -0.39 is 21.1 Å². The normalized spacial score (nSPS) is 10.9. The van der Waals surface area contributed by atoms with E-state index in [4.69, 9.17) is 10.9 Å². The van der Waals surface area contributed by atoms with Gasteiger partial charge in [-0.05, 0) is 12.1 Å². The Morgan fingerprint density at radius 2 is 2.14 bits per heavy atom. The van der Waals surface area contributed by atoms with Crippen molar-refractivity contribution in [1.29, 1.82) is 0 Å². The topological polar surface area (TPSA) is 125 Å². The molecule has 0 spiro atoms. The van der Waals surface area contributed by atoms with Crippen LogP contribution in [0.25, 0.3) is 0 Å². The first-order chi connectivity index (χ1) is 6.41. The third kappa shape index (κ3) is 2.41. The minimum atomic E-state index is -4.02. The lowest BCUT2D eigenvalue weighted by Gasteiger charge is -2.04. The van der Waals surface area contributed by atoms with Crippen molar-refractivity contribution in [2.45, 2.75) is 5.03 Å². The summed E-state index contributed by atoms with van der Waals surface area (Å²) in [6, 6.07) is 2.60. The number of nitrogens with zero attached hydrogens (tertiary/aromatic N) is 1. The monoisotopic (exact) mass is 217 g/mol. The number of carbonyl (C=O) groups is 1. The zero-order valence-electron chi connectivity index (χ0n) is 6.88. The molecule has 0 saturated carbocycles. The summed E-state index contributed by atoms with van der Waals surface area (Å²) in [6.45, 7) is 0. The van der Waals surface area contributed by atoms with Gasteiger partial charge in [-0.3, -0.25) is 0 Å². The van der Waals surface area contributed by atoms with Crippen molar-refractivity contribution in [3.63, 3.8) is 0 Å². The van der Waals surface area contributed by atoms with Gasteiger partial charge < -0.3 is 10.5 Å². The zero-order valence-corrected chi connectivity index (χ0v) is 7.69. The number of ether oxygens (including phenoxy) is 1. The van der Waals surface area contributed by atoms with E-state index in [9.17, 15) is 13.2 Å². The standard InChI is InChI=1S/C6H7N3O4S/c7-6(10)13-4-2-1-3-9-5(4)14(8,11)12/h1-3H,(H2,7,10)(H2,8,11,12). The molecule has 14 heavy (non-hydrogen) atoms. The Morgan fingerprint density at radius 1 is 1.50 bits per heavy atom. The van der Waals surface area contributed by atoms with E-state index >= 15 is 0 Å². The summed E-state index contributed by atoms with van der Waals surface area (Å²) in [4.78, 5) is 13.8. The number of rotatable bonds is 2. The molecule has 1 aromatic rings. The number of hydrogen-bond acceptors (Lipinski definition) is 5. The van der Waals surface area contributed by atoms with Crippen LogP contribution in [0.3, 0.4) is 0 Å². The average Bonchev–Trinajstić information content (AvgIpc) is 2.01. The molecule has 0 aliphatic carbocycles. The summed E-state index contributed by atoms with van der Waals surface area (Å²) < 4.78 is 26.2. The summed E-state index contributed by atoms with van der Waals surface area (Å²) >= 11 is 0. The molecule has 0 unspecified atom stereocenters. The van der Waals surface area contributed by atoms with Crippen molar-refractivity contribution < 1.29 is 17.9 Å². The molecule has 4 N–H and O–H groups in total. The van der Waals surface area contributed by atoms with Crippen LogP contribution >= 0.6 is 0 Å². The molecule has 0 aliphatic heterocycles. The zero-order chi connectivity index (χ0) is 10.8. The smallest absolute Gasteiger partial charge is 0.407 e. The van der Waals surface area contributed by atoms with Gasteiger partial charge in [-0.25, -0.2) is 23.3 Å². The third-order valence-corrected chi connectivity index (χ3v) is 2.06. The molecule has 8 heteroatoms. The van der Waals surface area contributed by atoms with Crippen LogP contribution in [0.5, 0.6) is 5.75 Å². The van der Waals surface area contributed by atoms with Gasteiger partial charge in [-0.15, -0.1) is 0 Å². The van der Waals surface area contributed by atoms with Gasteiger partial charge in [0.25, 0.3) is 10.0 Å². The summed E-state index contributed by atoms with van der Waals surface area (Å²) in [5.41, 5.74) is 4.71. The van der Waals surface area contributed by atoms with Crippen molar-refractivity contribution in [3.05, 3.63) is 18.3 Å². The summed E-state index contributed by atoms with van der Waals surface area (Å²) in [5.74, 6) is -0.289. The highest BCUT2D eigenvalue weighted by molar-refractivity contribution is 7.89. The minimum absolute atomic E-state index is 0.289. The molecular weight excluding hydrogens is 210 g/mol. The number of pyridine rings is 1. The molecule has 0 fully saturated rings. The number of primary sulfonamides is 1. The number of sulfonamides is 1. The predicted octanol–water partition coefficient (Wildman–Crippen LogP) is -0.813. The van der Waals surface area contributed by atoms with E-state index in [1.165, 1.54) is 18.3 Å². The molecule has 1 heterocycles. The van der Waals surface area contributed by atoms with Gasteiger partial charge >= 0.3 is 6.09 Å². The Balaban J connectivity index is 3.23. The second-order valence-corrected chi connectivity index (χ2v) is 3.75. The van der Waals surface area contributed by atoms with Crippen LogP contribution in [0.4, 0.5) is 4.79 Å². The van der Waals surface area contributed by atoms with Gasteiger partial charge in [-0.2, -0.15) is 0 Å². The third-order valence-electron chi connectivity index (χ3n) is 1.22. The minimum Gasteiger partial charge on any atom is -0.407 e. The SMILES string of the molecule is NC(=O)Oc1cccnc1S(N)(=O)=O. The van der Waals surface area contributed by atoms with Crippen LogP contribution in [-0.2, 0) is 10.0 Å². The Hall–Kier alpha value is -1.67. The van der Waals surface area contributed by atoms with Crippen molar-refractivity contribution >= 4 is 16.1 Å². The van der Waals surface area contributed by atoms with Crippen LogP contribution in [-0.4, -0.2) is 19.5 Å². The lowest BCUT2D eigenvalue weighted by molar-refractivity contribution is 0.209. The van der Waals surface area contributed by atoms with Gasteiger partial charge in [0.15, 0.2) is 5.75 Å². The van der Waals surface area contributed by atoms with Gasteiger partial charge in [0.1, 0.15) is 0 Å². The van der Waals surface area contributed by atoms with E-state index in [2.05, 4.69) is 9.72 Å². The maximum atomic E-state index is 10.9. The fraction of sp³-hybridized carbons (Fsp3) is 0. The van der Waals surface area contributed by atoms with Crippen molar-refractivity contribution in [3.8, 4) is 5.75 Å². The Kier molecular flexibility index (Phi) is 2.68. The lowest BCUT2D eigenvalue weighted by atomic mass is 10.5. The van der Waals surface area contributed by atoms with E-state index in [1.54, 1.807) is 0 Å². The molecule has 76 valence electrons. The number of amides is 1. The fourth-order valence-corrected chi connectivity index (χ4v) is 1.37. The predicted molar refractivity (Wildman–Crippen MR) is 45.8 cm³/mol. The van der Waals surface area contributed by atoms with Crippen molar-refractivity contribution in [2.75, 3.05) is 0 Å². The first-order valence-corrected chi connectivity index (χ1v) is 4.91. The summed E-state index contributed by atoms with van der Waals surface area (Å²) in [7, 11) is -4.02. The largest absolute Gasteiger partial charge is 0.410 e. The number of nitrogens with two attached hydrogens (primary N) is 2. The maximum absolute atomic E-state index is 10.9. The van der Waals surface area contributed by atoms with Gasteiger partial charge in [0.2, 0.25) is 5.03 Å². The van der Waals surface area contributed by atoms with Gasteiger partial charge in [0, 0.05) is 6.20 Å². The van der Waals surface area contributed by atoms with E-state index in [0.29, 0.717) is 0 Å². The molecule has 0 saturated heterocycles. The first-order valence-electron chi connectivity index (χ1n) is 3.36. The number of carbonyl (C=O) groups excluding carboxylic acids is 1. The molecule has 1 rings (SSSR count). The van der Waals surface area contributed by atoms with E-state index in [0.717, 1.165) is 0 Å². The van der Waals surface area contributed by atoms with Gasteiger partial charge in [0.05, 0.1) is 0 Å². The summed E-state index contributed by atoms with van der Waals surface area (Å²) in [6.07, 6.45) is 0.0658. The van der Waals surface area contributed by atoms with E-state index in [1.807, 2.05) is 0 Å². The van der Waals surface area contributed by atoms with Crippen LogP contribution in [0.15, 0.2) is 23.4 Å². The Morgan fingerprint density at radius 3 is 2.64 bits per heavy atom. The molecule has 0 aromatic carbocycles. The number of aromatic nitrogens is 1. The first kappa shape index (κ1) is 10.4. The van der Waals surface area contributed by atoms with E-state index in [-0.39, 0.29) is 5.75 Å².